The van der Waals surface area contributed by atoms with E-state index < -0.39 is 0 Å². The third kappa shape index (κ3) is 4.77. The quantitative estimate of drug-likeness (QED) is 0.640. The van der Waals surface area contributed by atoms with Gasteiger partial charge in [-0.2, -0.15) is 0 Å². The van der Waals surface area contributed by atoms with Crippen molar-refractivity contribution in [3.8, 4) is 11.4 Å². The summed E-state index contributed by atoms with van der Waals surface area (Å²) in [7, 11) is 2.54. The predicted octanol–water partition coefficient (Wildman–Crippen LogP) is 1.54. The minimum atomic E-state index is -0.171. The molecule has 2 radical (unpaired) electrons. The van der Waals surface area contributed by atoms with Crippen LogP contribution in [0.4, 0.5) is 5.82 Å². The molecule has 124 valence electrons. The number of nitrogen functional groups attached to an aromatic ring is 1. The Balaban J connectivity index is 2.02. The minimum absolute atomic E-state index is 0.171. The molecule has 0 atom stereocenters. The highest BCUT2D eigenvalue weighted by Crippen LogP contribution is 2.21. The molecule has 8 heteroatoms. The van der Waals surface area contributed by atoms with Gasteiger partial charge in [-0.25, -0.2) is 9.97 Å². The molecular formula is C15H23N5O2Si. The Labute approximate surface area is 138 Å². The van der Waals surface area contributed by atoms with E-state index in [9.17, 15) is 4.79 Å². The van der Waals surface area contributed by atoms with E-state index in [1.165, 1.54) is 4.68 Å². The largest absolute Gasteiger partial charge is 0.384 e. The number of hydrogen-bond acceptors (Lipinski definition) is 5. The molecule has 0 amide bonds. The van der Waals surface area contributed by atoms with Crippen LogP contribution < -0.4 is 11.3 Å². The fourth-order valence-corrected chi connectivity index (χ4v) is 3.01. The summed E-state index contributed by atoms with van der Waals surface area (Å²) in [6.07, 6.45) is 3.24. The Morgan fingerprint density at radius 1 is 1.39 bits per heavy atom. The molecule has 0 saturated carbocycles. The molecule has 23 heavy (non-hydrogen) atoms. The van der Waals surface area contributed by atoms with E-state index >= 15 is 0 Å². The van der Waals surface area contributed by atoms with Gasteiger partial charge in [0.25, 0.3) is 5.56 Å². The van der Waals surface area contributed by atoms with Crippen molar-refractivity contribution >= 4 is 15.3 Å². The fourth-order valence-electron chi connectivity index (χ4n) is 2.02. The maximum atomic E-state index is 12.3. The monoisotopic (exact) mass is 333 g/mol. The molecule has 0 saturated heterocycles. The van der Waals surface area contributed by atoms with Crippen LogP contribution in [-0.4, -0.2) is 35.5 Å². The highest BCUT2D eigenvalue weighted by molar-refractivity contribution is 6.39. The lowest BCUT2D eigenvalue weighted by Crippen LogP contribution is -2.21. The van der Waals surface area contributed by atoms with Crippen LogP contribution in [0.1, 0.15) is 20.8 Å². The van der Waals surface area contributed by atoms with Crippen LogP contribution in [0, 0.1) is 0 Å². The number of nitrogens with two attached hydrogens (primary N) is 1. The van der Waals surface area contributed by atoms with Gasteiger partial charge in [-0.3, -0.25) is 14.2 Å². The molecule has 0 unspecified atom stereocenters. The highest BCUT2D eigenvalue weighted by atomic mass is 28.2. The number of nitrogens with zero attached hydrogens (tertiary/aromatic N) is 4. The predicted molar refractivity (Wildman–Crippen MR) is 91.3 cm³/mol. The Kier molecular flexibility index (Phi) is 5.37. The molecule has 0 bridgehead atoms. The van der Waals surface area contributed by atoms with Gasteiger partial charge in [-0.05, 0) is 17.1 Å². The first-order valence-corrected chi connectivity index (χ1v) is 8.67. The second-order valence-electron chi connectivity index (χ2n) is 6.33. The van der Waals surface area contributed by atoms with Crippen molar-refractivity contribution in [3.63, 3.8) is 0 Å². The van der Waals surface area contributed by atoms with Crippen LogP contribution in [0.5, 0.6) is 0 Å². The van der Waals surface area contributed by atoms with Gasteiger partial charge in [-0.1, -0.05) is 20.8 Å². The van der Waals surface area contributed by atoms with E-state index in [0.29, 0.717) is 35.6 Å². The van der Waals surface area contributed by atoms with Gasteiger partial charge in [0.2, 0.25) is 0 Å². The summed E-state index contributed by atoms with van der Waals surface area (Å²) >= 11 is 0. The van der Waals surface area contributed by atoms with Crippen LogP contribution in [-0.2, 0) is 18.5 Å². The standard InChI is InChI=1S/C15H23N5O2Si/c1-15(2,3)23-8-7-22-10-20-9-11(14(21)19(20)4)13-17-6-5-12(16)18-13/h5-6,9H,7-8,10H2,1-4H3,(H2,16,17,18). The molecule has 0 aliphatic heterocycles. The average Bonchev–Trinajstić information content (AvgIpc) is 2.74. The second kappa shape index (κ2) is 7.09. The Bertz CT molecular complexity index is 717. The van der Waals surface area contributed by atoms with E-state index in [-0.39, 0.29) is 5.56 Å². The highest BCUT2D eigenvalue weighted by Gasteiger charge is 2.14. The summed E-state index contributed by atoms with van der Waals surface area (Å²) in [5.74, 6) is 0.669. The van der Waals surface area contributed by atoms with Gasteiger partial charge in [0.1, 0.15) is 18.1 Å². The topological polar surface area (TPSA) is 88.0 Å². The van der Waals surface area contributed by atoms with Crippen molar-refractivity contribution in [3.05, 3.63) is 28.8 Å². The molecule has 0 aromatic carbocycles. The maximum Gasteiger partial charge on any atom is 0.277 e. The summed E-state index contributed by atoms with van der Waals surface area (Å²) in [6.45, 7) is 7.66. The van der Waals surface area contributed by atoms with Gasteiger partial charge >= 0.3 is 0 Å². The SMILES string of the molecule is Cn1c(=O)c(-c2nccc(N)n2)cn1COCC[Si]C(C)(C)C. The van der Waals surface area contributed by atoms with Gasteiger partial charge in [0.05, 0.1) is 0 Å². The first-order chi connectivity index (χ1) is 10.8. The van der Waals surface area contributed by atoms with Gasteiger partial charge in [0.15, 0.2) is 5.82 Å². The Morgan fingerprint density at radius 2 is 2.13 bits per heavy atom. The summed E-state index contributed by atoms with van der Waals surface area (Å²) in [5.41, 5.74) is 5.89. The number of aromatic nitrogens is 4. The molecule has 0 spiro atoms. The van der Waals surface area contributed by atoms with E-state index in [4.69, 9.17) is 10.5 Å². The summed E-state index contributed by atoms with van der Waals surface area (Å²) < 4.78 is 8.88. The zero-order valence-corrected chi connectivity index (χ0v) is 15.0. The first kappa shape index (κ1) is 17.4. The molecule has 2 rings (SSSR count). The lowest BCUT2D eigenvalue weighted by Gasteiger charge is -2.16. The van der Waals surface area contributed by atoms with E-state index in [1.54, 1.807) is 30.2 Å². The van der Waals surface area contributed by atoms with Gasteiger partial charge in [0, 0.05) is 35.6 Å². The summed E-state index contributed by atoms with van der Waals surface area (Å²) in [4.78, 5) is 20.5. The minimum Gasteiger partial charge on any atom is -0.384 e. The van der Waals surface area contributed by atoms with Crippen LogP contribution in [0.3, 0.4) is 0 Å². The third-order valence-corrected chi connectivity index (χ3v) is 4.75. The van der Waals surface area contributed by atoms with E-state index in [1.807, 2.05) is 0 Å². The smallest absolute Gasteiger partial charge is 0.277 e. The Hall–Kier alpha value is -1.93. The summed E-state index contributed by atoms with van der Waals surface area (Å²) in [5, 5.41) is 0.335. The number of hydrogen-bond donors (Lipinski definition) is 1. The third-order valence-electron chi connectivity index (χ3n) is 3.23. The molecule has 0 aliphatic rings. The van der Waals surface area contributed by atoms with Crippen molar-refractivity contribution < 1.29 is 4.74 Å². The first-order valence-electron chi connectivity index (χ1n) is 7.46. The number of ether oxygens (including phenoxy) is 1. The van der Waals surface area contributed by atoms with Crippen molar-refractivity contribution in [1.82, 2.24) is 19.3 Å². The number of anilines is 1. The van der Waals surface area contributed by atoms with E-state index in [2.05, 4.69) is 30.7 Å². The molecule has 2 aromatic heterocycles. The fraction of sp³-hybridized carbons (Fsp3) is 0.533. The van der Waals surface area contributed by atoms with Gasteiger partial charge < -0.3 is 10.5 Å². The second-order valence-corrected chi connectivity index (χ2v) is 8.68. The molecular weight excluding hydrogens is 310 g/mol. The molecule has 2 N–H and O–H groups in total. The molecule has 2 aromatic rings. The Morgan fingerprint density at radius 3 is 2.78 bits per heavy atom. The van der Waals surface area contributed by atoms with Crippen LogP contribution in [0.15, 0.2) is 23.3 Å². The lowest BCUT2D eigenvalue weighted by atomic mass is 10.3. The maximum absolute atomic E-state index is 12.3. The average molecular weight is 333 g/mol. The molecule has 0 fully saturated rings. The lowest BCUT2D eigenvalue weighted by molar-refractivity contribution is 0.0706. The molecule has 2 heterocycles. The van der Waals surface area contributed by atoms with Crippen molar-refractivity contribution in [2.75, 3.05) is 12.3 Å². The van der Waals surface area contributed by atoms with Gasteiger partial charge in [-0.15, -0.1) is 0 Å². The van der Waals surface area contributed by atoms with Crippen LogP contribution >= 0.6 is 0 Å². The zero-order valence-electron chi connectivity index (χ0n) is 14.0. The van der Waals surface area contributed by atoms with Crippen LogP contribution in [0.25, 0.3) is 11.4 Å². The number of rotatable bonds is 6. The van der Waals surface area contributed by atoms with E-state index in [0.717, 1.165) is 15.6 Å². The van der Waals surface area contributed by atoms with Crippen molar-refractivity contribution in [2.24, 2.45) is 7.05 Å². The zero-order chi connectivity index (χ0) is 17.0. The summed E-state index contributed by atoms with van der Waals surface area (Å²) in [6, 6.07) is 2.61. The van der Waals surface area contributed by atoms with Crippen molar-refractivity contribution in [2.45, 2.75) is 38.6 Å². The molecule has 7 nitrogen and oxygen atoms in total. The van der Waals surface area contributed by atoms with Crippen LogP contribution in [0.2, 0.25) is 11.1 Å². The normalized spacial score (nSPS) is 11.8. The molecule has 0 aliphatic carbocycles. The van der Waals surface area contributed by atoms with Crippen molar-refractivity contribution in [1.29, 1.82) is 0 Å².